The van der Waals surface area contributed by atoms with Crippen LogP contribution in [0.15, 0.2) is 73.1 Å². The highest BCUT2D eigenvalue weighted by Gasteiger charge is 2.42. The predicted molar refractivity (Wildman–Crippen MR) is 111 cm³/mol. The van der Waals surface area contributed by atoms with Gasteiger partial charge in [0.1, 0.15) is 11.5 Å². The van der Waals surface area contributed by atoms with Gasteiger partial charge in [-0.2, -0.15) is 5.10 Å². The van der Waals surface area contributed by atoms with Crippen molar-refractivity contribution in [2.24, 2.45) is 0 Å². The summed E-state index contributed by atoms with van der Waals surface area (Å²) in [6, 6.07) is 16.9. The number of nitrogens with one attached hydrogen (secondary N) is 1. The van der Waals surface area contributed by atoms with Crippen LogP contribution in [-0.2, 0) is 6.54 Å². The number of hydrogen-bond donors (Lipinski definition) is 1. The van der Waals surface area contributed by atoms with Crippen molar-refractivity contribution in [1.29, 1.82) is 0 Å². The number of pyridine rings is 1. The Hall–Kier alpha value is -3.51. The van der Waals surface area contributed by atoms with E-state index in [-0.39, 0.29) is 11.7 Å². The normalized spacial score (nSPS) is 15.5. The molecule has 1 aliphatic heterocycles. The van der Waals surface area contributed by atoms with Crippen molar-refractivity contribution in [3.05, 3.63) is 106 Å². The van der Waals surface area contributed by atoms with Crippen LogP contribution in [0, 0.1) is 5.82 Å². The molecule has 30 heavy (non-hydrogen) atoms. The summed E-state index contributed by atoms with van der Waals surface area (Å²) in [4.78, 5) is 19.2. The van der Waals surface area contributed by atoms with Crippen molar-refractivity contribution in [3.63, 3.8) is 0 Å². The van der Waals surface area contributed by atoms with Gasteiger partial charge in [0.15, 0.2) is 0 Å². The molecule has 1 aliphatic rings. The lowest BCUT2D eigenvalue weighted by Crippen LogP contribution is -2.29. The third-order valence-electron chi connectivity index (χ3n) is 5.24. The summed E-state index contributed by atoms with van der Waals surface area (Å²) in [6.07, 6.45) is 3.43. The lowest BCUT2D eigenvalue weighted by molar-refractivity contribution is 0.0730. The van der Waals surface area contributed by atoms with Crippen molar-refractivity contribution in [2.75, 3.05) is 0 Å². The van der Waals surface area contributed by atoms with E-state index in [9.17, 15) is 9.18 Å². The van der Waals surface area contributed by atoms with Crippen LogP contribution < -0.4 is 0 Å². The Balaban J connectivity index is 1.64. The fourth-order valence-corrected chi connectivity index (χ4v) is 3.99. The zero-order valence-electron chi connectivity index (χ0n) is 15.7. The number of carbonyl (C=O) groups excluding carboxylic acids is 1. The molecule has 4 aromatic rings. The zero-order valence-corrected chi connectivity index (χ0v) is 16.5. The maximum atomic E-state index is 13.6. The second-order valence-corrected chi connectivity index (χ2v) is 7.55. The molecule has 1 unspecified atom stereocenters. The standard InChI is InChI=1S/C23H16ClFN4O/c24-17-7-3-15(4-8-17)20-19-21(28-27-20)23(30)29(13-14-2-1-11-26-12-14)22(19)16-5-9-18(25)10-6-16/h1-12,22H,13H2,(H,27,28). The second kappa shape index (κ2) is 7.39. The molecule has 1 amide bonds. The van der Waals surface area contributed by atoms with Crippen LogP contribution in [0.1, 0.15) is 33.2 Å². The maximum Gasteiger partial charge on any atom is 0.273 e. The van der Waals surface area contributed by atoms with E-state index in [0.717, 1.165) is 22.3 Å². The summed E-state index contributed by atoms with van der Waals surface area (Å²) in [6.45, 7) is 0.372. The van der Waals surface area contributed by atoms with Gasteiger partial charge in [-0.25, -0.2) is 4.39 Å². The number of fused-ring (bicyclic) bond motifs is 1. The van der Waals surface area contributed by atoms with Crippen molar-refractivity contribution < 1.29 is 9.18 Å². The summed E-state index contributed by atoms with van der Waals surface area (Å²) in [5.41, 5.74) is 4.46. The highest BCUT2D eigenvalue weighted by atomic mass is 35.5. The molecule has 2 aromatic carbocycles. The van der Waals surface area contributed by atoms with E-state index in [1.54, 1.807) is 41.6 Å². The molecule has 0 saturated carbocycles. The number of amides is 1. The molecule has 0 saturated heterocycles. The fourth-order valence-electron chi connectivity index (χ4n) is 3.87. The molecule has 0 aliphatic carbocycles. The maximum absolute atomic E-state index is 13.6. The SMILES string of the molecule is O=C1c2[nH]nc(-c3ccc(Cl)cc3)c2C(c2ccc(F)cc2)N1Cc1cccnc1. The number of H-pyrrole nitrogens is 1. The van der Waals surface area contributed by atoms with Gasteiger partial charge in [0, 0.05) is 35.1 Å². The van der Waals surface area contributed by atoms with Gasteiger partial charge in [-0.05, 0) is 41.5 Å². The van der Waals surface area contributed by atoms with Crippen LogP contribution in [0.2, 0.25) is 5.02 Å². The van der Waals surface area contributed by atoms with E-state index < -0.39 is 6.04 Å². The number of aromatic nitrogens is 3. The molecule has 5 rings (SSSR count). The van der Waals surface area contributed by atoms with Crippen molar-refractivity contribution in [1.82, 2.24) is 20.1 Å². The zero-order chi connectivity index (χ0) is 20.7. The van der Waals surface area contributed by atoms with E-state index in [0.29, 0.717) is 23.0 Å². The number of benzene rings is 2. The van der Waals surface area contributed by atoms with Crippen LogP contribution >= 0.6 is 11.6 Å². The quantitative estimate of drug-likeness (QED) is 0.506. The van der Waals surface area contributed by atoms with Crippen LogP contribution in [0.25, 0.3) is 11.3 Å². The van der Waals surface area contributed by atoms with Crippen molar-refractivity contribution >= 4 is 17.5 Å². The molecule has 148 valence electrons. The minimum Gasteiger partial charge on any atom is -0.322 e. The topological polar surface area (TPSA) is 61.9 Å². The number of halogens is 2. The van der Waals surface area contributed by atoms with E-state index >= 15 is 0 Å². The summed E-state index contributed by atoms with van der Waals surface area (Å²) in [7, 11) is 0. The third-order valence-corrected chi connectivity index (χ3v) is 5.49. The van der Waals surface area contributed by atoms with Gasteiger partial charge < -0.3 is 4.90 Å². The van der Waals surface area contributed by atoms with Gasteiger partial charge in [-0.1, -0.05) is 41.9 Å². The molecule has 0 radical (unpaired) electrons. The van der Waals surface area contributed by atoms with E-state index in [1.807, 2.05) is 24.3 Å². The molecule has 1 N–H and O–H groups in total. The average molecular weight is 419 g/mol. The number of aromatic amines is 1. The smallest absolute Gasteiger partial charge is 0.273 e. The minimum atomic E-state index is -0.405. The highest BCUT2D eigenvalue weighted by molar-refractivity contribution is 6.30. The van der Waals surface area contributed by atoms with Crippen molar-refractivity contribution in [2.45, 2.75) is 12.6 Å². The van der Waals surface area contributed by atoms with E-state index in [4.69, 9.17) is 11.6 Å². The summed E-state index contributed by atoms with van der Waals surface area (Å²) in [5.74, 6) is -0.483. The summed E-state index contributed by atoms with van der Waals surface area (Å²) in [5, 5.41) is 7.95. The van der Waals surface area contributed by atoms with Gasteiger partial charge in [0.2, 0.25) is 0 Å². The van der Waals surface area contributed by atoms with Crippen LogP contribution in [0.4, 0.5) is 4.39 Å². The number of carbonyl (C=O) groups is 1. The van der Waals surface area contributed by atoms with Crippen LogP contribution in [-0.4, -0.2) is 26.0 Å². The lowest BCUT2D eigenvalue weighted by atomic mass is 9.96. The van der Waals surface area contributed by atoms with Crippen LogP contribution in [0.3, 0.4) is 0 Å². The Morgan fingerprint density at radius 3 is 2.53 bits per heavy atom. The molecular weight excluding hydrogens is 403 g/mol. The summed E-state index contributed by atoms with van der Waals surface area (Å²) >= 11 is 6.03. The van der Waals surface area contributed by atoms with Gasteiger partial charge >= 0.3 is 0 Å². The molecule has 1 atom stereocenters. The number of hydrogen-bond acceptors (Lipinski definition) is 3. The van der Waals surface area contributed by atoms with Gasteiger partial charge in [0.25, 0.3) is 5.91 Å². The first kappa shape index (κ1) is 18.5. The molecule has 0 fully saturated rings. The monoisotopic (exact) mass is 418 g/mol. The summed E-state index contributed by atoms with van der Waals surface area (Å²) < 4.78 is 13.6. The first-order valence-corrected chi connectivity index (χ1v) is 9.79. The molecular formula is C23H16ClFN4O. The average Bonchev–Trinajstić information content (AvgIpc) is 3.30. The van der Waals surface area contributed by atoms with Gasteiger partial charge in [-0.15, -0.1) is 0 Å². The lowest BCUT2D eigenvalue weighted by Gasteiger charge is -2.26. The Morgan fingerprint density at radius 2 is 1.83 bits per heavy atom. The van der Waals surface area contributed by atoms with Gasteiger partial charge in [-0.3, -0.25) is 14.9 Å². The highest BCUT2D eigenvalue weighted by Crippen LogP contribution is 2.43. The van der Waals surface area contributed by atoms with Crippen LogP contribution in [0.5, 0.6) is 0 Å². The fraction of sp³-hybridized carbons (Fsp3) is 0.0870. The number of rotatable bonds is 4. The Kier molecular flexibility index (Phi) is 4.56. The first-order valence-electron chi connectivity index (χ1n) is 9.41. The molecule has 5 nitrogen and oxygen atoms in total. The Bertz CT molecular complexity index is 1210. The van der Waals surface area contributed by atoms with E-state index in [2.05, 4.69) is 15.2 Å². The van der Waals surface area contributed by atoms with Gasteiger partial charge in [0.05, 0.1) is 11.7 Å². The first-order chi connectivity index (χ1) is 14.6. The Morgan fingerprint density at radius 1 is 1.07 bits per heavy atom. The minimum absolute atomic E-state index is 0.157. The second-order valence-electron chi connectivity index (χ2n) is 7.12. The van der Waals surface area contributed by atoms with E-state index in [1.165, 1.54) is 12.1 Å². The predicted octanol–water partition coefficient (Wildman–Crippen LogP) is 5.01. The molecule has 0 spiro atoms. The third kappa shape index (κ3) is 3.15. The largest absolute Gasteiger partial charge is 0.322 e. The molecule has 7 heteroatoms. The number of nitrogens with zero attached hydrogens (tertiary/aromatic N) is 3. The Labute approximate surface area is 177 Å². The molecule has 2 aromatic heterocycles. The van der Waals surface area contributed by atoms with Crippen molar-refractivity contribution in [3.8, 4) is 11.3 Å². The molecule has 0 bridgehead atoms. The molecule has 3 heterocycles.